The molecule has 0 aliphatic carbocycles. The van der Waals surface area contributed by atoms with Crippen LogP contribution in [-0.4, -0.2) is 5.78 Å². The van der Waals surface area contributed by atoms with Gasteiger partial charge in [0.15, 0.2) is 5.78 Å². The molecule has 3 aromatic rings. The van der Waals surface area contributed by atoms with E-state index in [9.17, 15) is 4.79 Å². The van der Waals surface area contributed by atoms with E-state index in [1.54, 1.807) is 18.0 Å². The van der Waals surface area contributed by atoms with Gasteiger partial charge in [0.25, 0.3) is 0 Å². The van der Waals surface area contributed by atoms with E-state index in [4.69, 9.17) is 4.74 Å². The zero-order valence-electron chi connectivity index (χ0n) is 17.5. The fourth-order valence-corrected chi connectivity index (χ4v) is 4.37. The number of carbonyl (C=O) groups is 1. The van der Waals surface area contributed by atoms with Gasteiger partial charge in [0.05, 0.1) is 5.70 Å². The average Bonchev–Trinajstić information content (AvgIpc) is 3.23. The van der Waals surface area contributed by atoms with E-state index in [0.29, 0.717) is 6.42 Å². The molecule has 0 bridgehead atoms. The van der Waals surface area contributed by atoms with Crippen LogP contribution >= 0.6 is 11.8 Å². The third-order valence-corrected chi connectivity index (χ3v) is 6.26. The van der Waals surface area contributed by atoms with Gasteiger partial charge in [-0.15, -0.1) is 0 Å². The van der Waals surface area contributed by atoms with Gasteiger partial charge in [-0.1, -0.05) is 61.2 Å². The van der Waals surface area contributed by atoms with Crippen molar-refractivity contribution in [1.29, 1.82) is 0 Å². The molecule has 0 aromatic heterocycles. The summed E-state index contributed by atoms with van der Waals surface area (Å²) in [5.41, 5.74) is 5.03. The molecule has 1 N–H and O–H groups in total. The predicted octanol–water partition coefficient (Wildman–Crippen LogP) is 6.95. The number of hydrogen-bond acceptors (Lipinski definition) is 4. The fraction of sp³-hybridized carbons (Fsp3) is 0.192. The van der Waals surface area contributed by atoms with Crippen LogP contribution in [0.5, 0.6) is 5.75 Å². The molecule has 0 saturated heterocycles. The number of carbonyl (C=O) groups excluding carboxylic acids is 1. The highest BCUT2D eigenvalue weighted by Gasteiger charge is 2.16. The van der Waals surface area contributed by atoms with Gasteiger partial charge in [0, 0.05) is 23.0 Å². The molecule has 4 rings (SSSR count). The van der Waals surface area contributed by atoms with Crippen molar-refractivity contribution in [3.8, 4) is 5.75 Å². The van der Waals surface area contributed by atoms with Crippen molar-refractivity contribution >= 4 is 34.0 Å². The molecule has 30 heavy (non-hydrogen) atoms. The Morgan fingerprint density at radius 1 is 1.03 bits per heavy atom. The third-order valence-electron chi connectivity index (χ3n) is 5.45. The summed E-state index contributed by atoms with van der Waals surface area (Å²) in [4.78, 5) is 12.3. The Bertz CT molecular complexity index is 1170. The summed E-state index contributed by atoms with van der Waals surface area (Å²) in [5.74, 6) is 0.967. The summed E-state index contributed by atoms with van der Waals surface area (Å²) in [6, 6.07) is 18.5. The Kier molecular flexibility index (Phi) is 5.96. The minimum absolute atomic E-state index is 0.194. The van der Waals surface area contributed by atoms with E-state index >= 15 is 0 Å². The Labute approximate surface area is 181 Å². The van der Waals surface area contributed by atoms with Gasteiger partial charge in [-0.2, -0.15) is 0 Å². The van der Waals surface area contributed by atoms with E-state index in [-0.39, 0.29) is 5.78 Å². The van der Waals surface area contributed by atoms with Crippen LogP contribution in [0.3, 0.4) is 0 Å². The molecular weight excluding hydrogens is 390 g/mol. The van der Waals surface area contributed by atoms with Crippen molar-refractivity contribution in [3.63, 3.8) is 0 Å². The molecule has 4 heteroatoms. The third kappa shape index (κ3) is 4.01. The molecule has 0 spiro atoms. The van der Waals surface area contributed by atoms with E-state index in [2.05, 4.69) is 53.2 Å². The number of Topliss-reactive ketones (excluding diaryl/α,β-unsaturated/α-hetero) is 1. The highest BCUT2D eigenvalue weighted by molar-refractivity contribution is 8.06. The molecule has 1 heterocycles. The molecule has 3 aromatic carbocycles. The lowest BCUT2D eigenvalue weighted by atomic mass is 9.97. The van der Waals surface area contributed by atoms with Crippen LogP contribution in [0.2, 0.25) is 0 Å². The molecule has 1 aliphatic heterocycles. The summed E-state index contributed by atoms with van der Waals surface area (Å²) in [7, 11) is 0. The molecular formula is C26H25NO2S. The first-order chi connectivity index (χ1) is 14.6. The standard InChI is InChI=1S/C26H25NO2S/c1-4-8-24(28)20-13-14-25(18(3)17(20)2)29-15-26-27-23(16-30-26)22-12-7-10-19-9-5-6-11-21(19)22/h5-7,9-16,27H,4,8H2,1-3H3. The number of fused-ring (bicyclic) bond motifs is 1. The number of ether oxygens (including phenoxy) is 1. The van der Waals surface area contributed by atoms with Gasteiger partial charge in [-0.05, 0) is 54.3 Å². The molecule has 0 amide bonds. The van der Waals surface area contributed by atoms with Crippen LogP contribution in [0.15, 0.2) is 71.3 Å². The highest BCUT2D eigenvalue weighted by atomic mass is 32.2. The van der Waals surface area contributed by atoms with Gasteiger partial charge in [-0.25, -0.2) is 0 Å². The fourth-order valence-electron chi connectivity index (χ4n) is 3.67. The molecule has 152 valence electrons. The molecule has 0 radical (unpaired) electrons. The van der Waals surface area contributed by atoms with Gasteiger partial charge < -0.3 is 10.1 Å². The quantitative estimate of drug-likeness (QED) is 0.349. The number of thioether (sulfide) groups is 1. The summed E-state index contributed by atoms with van der Waals surface area (Å²) in [6.45, 7) is 6.01. The Hall–Kier alpha value is -2.98. The second kappa shape index (κ2) is 8.80. The summed E-state index contributed by atoms with van der Waals surface area (Å²) < 4.78 is 5.98. The number of nitrogens with one attached hydrogen (secondary N) is 1. The zero-order chi connectivity index (χ0) is 21.1. The van der Waals surface area contributed by atoms with Gasteiger partial charge in [-0.3, -0.25) is 4.79 Å². The number of rotatable bonds is 6. The first-order valence-corrected chi connectivity index (χ1v) is 11.1. The van der Waals surface area contributed by atoms with E-state index in [1.807, 2.05) is 32.9 Å². The second-order valence-electron chi connectivity index (χ2n) is 7.44. The Morgan fingerprint density at radius 2 is 1.83 bits per heavy atom. The first kappa shape index (κ1) is 20.3. The SMILES string of the molecule is CCCC(=O)c1ccc(OC=C2NC(c3cccc4ccccc34)=CS2)c(C)c1C. The van der Waals surface area contributed by atoms with Crippen molar-refractivity contribution in [1.82, 2.24) is 5.32 Å². The van der Waals surface area contributed by atoms with Crippen molar-refractivity contribution < 1.29 is 9.53 Å². The topological polar surface area (TPSA) is 38.3 Å². The van der Waals surface area contributed by atoms with E-state index in [1.165, 1.54) is 16.3 Å². The van der Waals surface area contributed by atoms with Crippen LogP contribution in [0, 0.1) is 13.8 Å². The van der Waals surface area contributed by atoms with Crippen molar-refractivity contribution in [2.45, 2.75) is 33.6 Å². The van der Waals surface area contributed by atoms with Crippen LogP contribution in [0.4, 0.5) is 0 Å². The maximum atomic E-state index is 12.3. The molecule has 3 nitrogen and oxygen atoms in total. The molecule has 0 unspecified atom stereocenters. The van der Waals surface area contributed by atoms with E-state index < -0.39 is 0 Å². The molecule has 0 atom stereocenters. The number of benzene rings is 3. The largest absolute Gasteiger partial charge is 0.462 e. The van der Waals surface area contributed by atoms with Crippen molar-refractivity contribution in [2.24, 2.45) is 0 Å². The average molecular weight is 416 g/mol. The van der Waals surface area contributed by atoms with Crippen molar-refractivity contribution in [2.75, 3.05) is 0 Å². The maximum absolute atomic E-state index is 12.3. The lowest BCUT2D eigenvalue weighted by Gasteiger charge is -2.13. The highest BCUT2D eigenvalue weighted by Crippen LogP contribution is 2.34. The number of ketones is 1. The van der Waals surface area contributed by atoms with Gasteiger partial charge >= 0.3 is 0 Å². The lowest BCUT2D eigenvalue weighted by molar-refractivity contribution is 0.0981. The Morgan fingerprint density at radius 3 is 2.67 bits per heavy atom. The maximum Gasteiger partial charge on any atom is 0.163 e. The van der Waals surface area contributed by atoms with Crippen LogP contribution < -0.4 is 10.1 Å². The smallest absolute Gasteiger partial charge is 0.163 e. The number of hydrogen-bond donors (Lipinski definition) is 1. The molecule has 0 fully saturated rings. The summed E-state index contributed by atoms with van der Waals surface area (Å²) in [6.07, 6.45) is 3.18. The van der Waals surface area contributed by atoms with Crippen LogP contribution in [-0.2, 0) is 0 Å². The van der Waals surface area contributed by atoms with E-state index in [0.717, 1.165) is 39.6 Å². The molecule has 0 saturated carbocycles. The van der Waals surface area contributed by atoms with Gasteiger partial charge in [0.2, 0.25) is 0 Å². The lowest BCUT2D eigenvalue weighted by Crippen LogP contribution is -2.06. The normalized spacial score (nSPS) is 14.6. The Balaban J connectivity index is 1.50. The summed E-state index contributed by atoms with van der Waals surface area (Å²) >= 11 is 1.61. The second-order valence-corrected chi connectivity index (χ2v) is 8.35. The minimum atomic E-state index is 0.194. The minimum Gasteiger partial charge on any atom is -0.462 e. The van der Waals surface area contributed by atoms with Crippen molar-refractivity contribution in [3.05, 3.63) is 93.6 Å². The predicted molar refractivity (Wildman–Crippen MR) is 127 cm³/mol. The summed E-state index contributed by atoms with van der Waals surface area (Å²) in [5, 5.41) is 8.95. The monoisotopic (exact) mass is 415 g/mol. The van der Waals surface area contributed by atoms with Crippen LogP contribution in [0.1, 0.15) is 46.8 Å². The first-order valence-electron chi connectivity index (χ1n) is 10.2. The van der Waals surface area contributed by atoms with Gasteiger partial charge in [0.1, 0.15) is 17.0 Å². The molecule has 1 aliphatic rings. The van der Waals surface area contributed by atoms with Crippen LogP contribution in [0.25, 0.3) is 16.5 Å². The zero-order valence-corrected chi connectivity index (χ0v) is 18.3.